The molecule has 2 rings (SSSR count). The molecule has 0 atom stereocenters. The van der Waals surface area contributed by atoms with Gasteiger partial charge in [-0.3, -0.25) is 4.79 Å². The highest BCUT2D eigenvalue weighted by Crippen LogP contribution is 2.36. The van der Waals surface area contributed by atoms with E-state index >= 15 is 0 Å². The zero-order chi connectivity index (χ0) is 12.3. The SMILES string of the molecule is COc1cc(OC)c(-c2nccs2)cc1C=O. The van der Waals surface area contributed by atoms with Crippen molar-refractivity contribution in [3.8, 4) is 22.1 Å². The molecule has 17 heavy (non-hydrogen) atoms. The Balaban J connectivity index is 2.62. The number of ether oxygens (including phenoxy) is 2. The molecule has 0 unspecified atom stereocenters. The topological polar surface area (TPSA) is 48.4 Å². The van der Waals surface area contributed by atoms with Gasteiger partial charge in [-0.1, -0.05) is 0 Å². The number of rotatable bonds is 4. The van der Waals surface area contributed by atoms with Crippen LogP contribution in [0, 0.1) is 0 Å². The van der Waals surface area contributed by atoms with Crippen LogP contribution >= 0.6 is 11.3 Å². The van der Waals surface area contributed by atoms with Crippen molar-refractivity contribution in [1.29, 1.82) is 0 Å². The molecule has 0 aliphatic carbocycles. The van der Waals surface area contributed by atoms with Crippen molar-refractivity contribution in [2.75, 3.05) is 14.2 Å². The van der Waals surface area contributed by atoms with Crippen molar-refractivity contribution in [3.63, 3.8) is 0 Å². The average molecular weight is 249 g/mol. The number of aldehydes is 1. The minimum Gasteiger partial charge on any atom is -0.496 e. The lowest BCUT2D eigenvalue weighted by molar-refractivity contribution is 0.112. The summed E-state index contributed by atoms with van der Waals surface area (Å²) in [6, 6.07) is 3.42. The number of hydrogen-bond acceptors (Lipinski definition) is 5. The first-order valence-electron chi connectivity index (χ1n) is 4.91. The minimum absolute atomic E-state index is 0.485. The van der Waals surface area contributed by atoms with Crippen LogP contribution in [0.25, 0.3) is 10.6 Å². The third kappa shape index (κ3) is 2.14. The lowest BCUT2D eigenvalue weighted by Gasteiger charge is -2.10. The third-order valence-electron chi connectivity index (χ3n) is 2.34. The van der Waals surface area contributed by atoms with Crippen LogP contribution in [0.4, 0.5) is 0 Å². The average Bonchev–Trinajstić information content (AvgIpc) is 2.90. The van der Waals surface area contributed by atoms with Crippen molar-refractivity contribution in [1.82, 2.24) is 4.98 Å². The van der Waals surface area contributed by atoms with Crippen LogP contribution < -0.4 is 9.47 Å². The molecule has 1 aromatic heterocycles. The van der Waals surface area contributed by atoms with Crippen molar-refractivity contribution in [3.05, 3.63) is 29.3 Å². The molecule has 0 aliphatic heterocycles. The van der Waals surface area contributed by atoms with Crippen molar-refractivity contribution in [2.24, 2.45) is 0 Å². The van der Waals surface area contributed by atoms with E-state index < -0.39 is 0 Å². The maximum Gasteiger partial charge on any atom is 0.153 e. The summed E-state index contributed by atoms with van der Waals surface area (Å²) in [6.07, 6.45) is 2.47. The second-order valence-electron chi connectivity index (χ2n) is 3.25. The molecule has 0 amide bonds. The van der Waals surface area contributed by atoms with Gasteiger partial charge in [-0.2, -0.15) is 0 Å². The van der Waals surface area contributed by atoms with Gasteiger partial charge in [-0.25, -0.2) is 4.98 Å². The lowest BCUT2D eigenvalue weighted by Crippen LogP contribution is -1.95. The molecule has 0 radical (unpaired) electrons. The molecule has 0 bridgehead atoms. The Morgan fingerprint density at radius 1 is 1.24 bits per heavy atom. The van der Waals surface area contributed by atoms with E-state index in [1.807, 2.05) is 5.38 Å². The van der Waals surface area contributed by atoms with Gasteiger partial charge in [-0.15, -0.1) is 11.3 Å². The number of benzene rings is 1. The predicted molar refractivity (Wildman–Crippen MR) is 66.0 cm³/mol. The van der Waals surface area contributed by atoms with E-state index in [-0.39, 0.29) is 0 Å². The first kappa shape index (κ1) is 11.6. The summed E-state index contributed by atoms with van der Waals surface area (Å²) >= 11 is 1.49. The molecular weight excluding hydrogens is 238 g/mol. The smallest absolute Gasteiger partial charge is 0.153 e. The summed E-state index contributed by atoms with van der Waals surface area (Å²) in [5.74, 6) is 1.14. The Morgan fingerprint density at radius 2 is 2.00 bits per heavy atom. The number of carbonyl (C=O) groups excluding carboxylic acids is 1. The zero-order valence-electron chi connectivity index (χ0n) is 9.47. The van der Waals surface area contributed by atoms with E-state index in [1.165, 1.54) is 18.4 Å². The van der Waals surface area contributed by atoms with E-state index in [2.05, 4.69) is 4.98 Å². The quantitative estimate of drug-likeness (QED) is 0.781. The van der Waals surface area contributed by atoms with Crippen LogP contribution in [-0.4, -0.2) is 25.5 Å². The highest BCUT2D eigenvalue weighted by atomic mass is 32.1. The van der Waals surface area contributed by atoms with Gasteiger partial charge in [0.15, 0.2) is 6.29 Å². The van der Waals surface area contributed by atoms with E-state index in [9.17, 15) is 4.79 Å². The fraction of sp³-hybridized carbons (Fsp3) is 0.167. The Morgan fingerprint density at radius 3 is 2.53 bits per heavy atom. The second kappa shape index (κ2) is 4.97. The molecule has 0 saturated carbocycles. The van der Waals surface area contributed by atoms with Gasteiger partial charge in [0.1, 0.15) is 16.5 Å². The van der Waals surface area contributed by atoms with Crippen LogP contribution in [0.1, 0.15) is 10.4 Å². The van der Waals surface area contributed by atoms with Gasteiger partial charge in [0.25, 0.3) is 0 Å². The number of carbonyl (C=O) groups is 1. The van der Waals surface area contributed by atoms with Gasteiger partial charge in [0, 0.05) is 17.6 Å². The maximum absolute atomic E-state index is 11.0. The maximum atomic E-state index is 11.0. The van der Waals surface area contributed by atoms with Crippen LogP contribution in [-0.2, 0) is 0 Å². The molecule has 88 valence electrons. The molecule has 4 nitrogen and oxygen atoms in total. The fourth-order valence-electron chi connectivity index (χ4n) is 1.54. The predicted octanol–water partition coefficient (Wildman–Crippen LogP) is 2.64. The minimum atomic E-state index is 0.485. The molecule has 0 saturated heterocycles. The van der Waals surface area contributed by atoms with Crippen LogP contribution in [0.5, 0.6) is 11.5 Å². The molecular formula is C12H11NO3S. The molecule has 1 heterocycles. The van der Waals surface area contributed by atoms with E-state index in [0.717, 1.165) is 16.9 Å². The molecule has 0 N–H and O–H groups in total. The van der Waals surface area contributed by atoms with Crippen molar-refractivity contribution < 1.29 is 14.3 Å². The molecule has 0 fully saturated rings. The number of hydrogen-bond donors (Lipinski definition) is 0. The second-order valence-corrected chi connectivity index (χ2v) is 4.14. The van der Waals surface area contributed by atoms with E-state index in [1.54, 1.807) is 25.4 Å². The molecule has 2 aromatic rings. The van der Waals surface area contributed by atoms with E-state index in [0.29, 0.717) is 17.1 Å². The number of methoxy groups -OCH3 is 2. The Bertz CT molecular complexity index is 523. The van der Waals surface area contributed by atoms with Gasteiger partial charge in [0.2, 0.25) is 0 Å². The summed E-state index contributed by atoms with van der Waals surface area (Å²) in [7, 11) is 3.09. The number of nitrogens with zero attached hydrogens (tertiary/aromatic N) is 1. The van der Waals surface area contributed by atoms with Crippen LogP contribution in [0.2, 0.25) is 0 Å². The van der Waals surface area contributed by atoms with Crippen molar-refractivity contribution in [2.45, 2.75) is 0 Å². The summed E-state index contributed by atoms with van der Waals surface area (Å²) in [5.41, 5.74) is 1.28. The molecule has 5 heteroatoms. The highest BCUT2D eigenvalue weighted by molar-refractivity contribution is 7.13. The largest absolute Gasteiger partial charge is 0.496 e. The monoisotopic (exact) mass is 249 g/mol. The highest BCUT2D eigenvalue weighted by Gasteiger charge is 2.13. The number of aromatic nitrogens is 1. The summed E-state index contributed by atoms with van der Waals surface area (Å²) in [5, 5.41) is 2.69. The van der Waals surface area contributed by atoms with Crippen LogP contribution in [0.15, 0.2) is 23.7 Å². The fourth-order valence-corrected chi connectivity index (χ4v) is 2.20. The normalized spacial score (nSPS) is 10.0. The molecule has 1 aromatic carbocycles. The molecule has 0 spiro atoms. The van der Waals surface area contributed by atoms with Crippen molar-refractivity contribution >= 4 is 17.6 Å². The van der Waals surface area contributed by atoms with Gasteiger partial charge in [-0.05, 0) is 6.07 Å². The summed E-state index contributed by atoms with van der Waals surface area (Å²) in [4.78, 5) is 15.2. The Kier molecular flexibility index (Phi) is 3.39. The van der Waals surface area contributed by atoms with Crippen LogP contribution in [0.3, 0.4) is 0 Å². The summed E-state index contributed by atoms with van der Waals surface area (Å²) in [6.45, 7) is 0. The lowest BCUT2D eigenvalue weighted by atomic mass is 10.1. The Labute approximate surface area is 103 Å². The number of thiazole rings is 1. The molecule has 0 aliphatic rings. The van der Waals surface area contributed by atoms with Gasteiger partial charge in [0.05, 0.1) is 25.3 Å². The van der Waals surface area contributed by atoms with Gasteiger partial charge >= 0.3 is 0 Å². The van der Waals surface area contributed by atoms with E-state index in [4.69, 9.17) is 9.47 Å². The Hall–Kier alpha value is -1.88. The first-order chi connectivity index (χ1) is 8.30. The third-order valence-corrected chi connectivity index (χ3v) is 3.15. The standard InChI is InChI=1S/C12H11NO3S/c1-15-10-6-11(16-2)9(5-8(10)7-14)12-13-3-4-17-12/h3-7H,1-2H3. The van der Waals surface area contributed by atoms with Gasteiger partial charge < -0.3 is 9.47 Å². The first-order valence-corrected chi connectivity index (χ1v) is 5.79. The zero-order valence-corrected chi connectivity index (χ0v) is 10.3. The summed E-state index contributed by atoms with van der Waals surface area (Å²) < 4.78 is 10.4.